The summed E-state index contributed by atoms with van der Waals surface area (Å²) in [7, 11) is -5.44. The molecule has 54 valence electrons. The molecule has 0 unspecified atom stereocenters. The van der Waals surface area contributed by atoms with Crippen LogP contribution in [0.25, 0.3) is 0 Å². The second-order valence-corrected chi connectivity index (χ2v) is 3.57. The molecule has 0 saturated carbocycles. The lowest BCUT2D eigenvalue weighted by Gasteiger charge is -1.80. The summed E-state index contributed by atoms with van der Waals surface area (Å²) in [5, 5.41) is -9.64. The van der Waals surface area contributed by atoms with E-state index in [-0.39, 0.29) is 0 Å². The molecule has 0 radical (unpaired) electrons. The Bertz CT molecular complexity index is 219. The summed E-state index contributed by atoms with van der Waals surface area (Å²) in [6, 6.07) is 0. The molecule has 0 aromatic rings. The summed E-state index contributed by atoms with van der Waals surface area (Å²) in [6.45, 7) is 0. The van der Waals surface area contributed by atoms with E-state index in [0.717, 1.165) is 0 Å². The molecule has 1 aliphatic rings. The minimum atomic E-state index is -5.44. The summed E-state index contributed by atoms with van der Waals surface area (Å²) in [6.07, 6.45) is 0. The van der Waals surface area contributed by atoms with Gasteiger partial charge >= 0.3 is 10.5 Å². The zero-order valence-corrected chi connectivity index (χ0v) is 4.55. The van der Waals surface area contributed by atoms with Gasteiger partial charge in [0.2, 0.25) is 0 Å². The van der Waals surface area contributed by atoms with Gasteiger partial charge in [-0.05, 0) is 0 Å². The molecule has 9 heavy (non-hydrogen) atoms. The monoisotopic (exact) mass is 164 g/mol. The molecule has 0 spiro atoms. The fourth-order valence-electron chi connectivity index (χ4n) is 0.295. The third-order valence-corrected chi connectivity index (χ3v) is 2.63. The third-order valence-electron chi connectivity index (χ3n) is 0.972. The van der Waals surface area contributed by atoms with E-state index < -0.39 is 20.3 Å². The van der Waals surface area contributed by atoms with E-state index in [9.17, 15) is 26.0 Å². The van der Waals surface area contributed by atoms with Crippen LogP contribution in [-0.4, -0.2) is 18.9 Å². The fourth-order valence-corrected chi connectivity index (χ4v) is 1.09. The Morgan fingerprint density at radius 2 is 1.00 bits per heavy atom. The predicted octanol–water partition coefficient (Wildman–Crippen LogP) is 0.600. The molecule has 0 atom stereocenters. The van der Waals surface area contributed by atoms with Crippen molar-refractivity contribution in [3.63, 3.8) is 0 Å². The highest BCUT2D eigenvalue weighted by molar-refractivity contribution is 8.01. The van der Waals surface area contributed by atoms with Crippen LogP contribution in [0.5, 0.6) is 0 Å². The van der Waals surface area contributed by atoms with Gasteiger partial charge in [-0.1, -0.05) is 0 Å². The van der Waals surface area contributed by atoms with Crippen LogP contribution in [0.4, 0.5) is 17.6 Å². The maximum absolute atomic E-state index is 11.3. The molecule has 0 N–H and O–H groups in total. The molecular formula is C2F4O2S. The zero-order chi connectivity index (χ0) is 7.50. The van der Waals surface area contributed by atoms with Gasteiger partial charge in [0.05, 0.1) is 0 Å². The van der Waals surface area contributed by atoms with E-state index in [1.54, 1.807) is 0 Å². The lowest BCUT2D eigenvalue weighted by molar-refractivity contribution is -0.0278. The van der Waals surface area contributed by atoms with Crippen LogP contribution in [-0.2, 0) is 9.84 Å². The van der Waals surface area contributed by atoms with Crippen molar-refractivity contribution in [2.24, 2.45) is 0 Å². The Balaban J connectivity index is 3.22. The summed E-state index contributed by atoms with van der Waals surface area (Å²) in [4.78, 5) is 0. The maximum Gasteiger partial charge on any atom is 0.428 e. The number of halogens is 4. The first kappa shape index (κ1) is 6.79. The van der Waals surface area contributed by atoms with Crippen LogP contribution in [0.2, 0.25) is 0 Å². The molecule has 0 amide bonds. The van der Waals surface area contributed by atoms with Gasteiger partial charge in [0.1, 0.15) is 0 Å². The molecule has 1 saturated heterocycles. The van der Waals surface area contributed by atoms with Gasteiger partial charge in [-0.15, -0.1) is 0 Å². The van der Waals surface area contributed by atoms with Crippen LogP contribution < -0.4 is 0 Å². The largest absolute Gasteiger partial charge is 0.428 e. The third kappa shape index (κ3) is 0.405. The minimum Gasteiger partial charge on any atom is -0.216 e. The lowest BCUT2D eigenvalue weighted by atomic mass is 10.8. The Kier molecular flexibility index (Phi) is 0.824. The number of alkyl halides is 4. The van der Waals surface area contributed by atoms with Gasteiger partial charge in [0, 0.05) is 0 Å². The average Bonchev–Trinajstić information content (AvgIpc) is 1.84. The summed E-state index contributed by atoms with van der Waals surface area (Å²) in [5.74, 6) is 0. The van der Waals surface area contributed by atoms with E-state index in [1.165, 1.54) is 0 Å². The first-order valence-electron chi connectivity index (χ1n) is 1.75. The molecule has 7 heteroatoms. The first-order chi connectivity index (χ1) is 3.75. The Hall–Kier alpha value is -0.330. The Morgan fingerprint density at radius 3 is 1.00 bits per heavy atom. The molecule has 0 aliphatic carbocycles. The number of rotatable bonds is 0. The van der Waals surface area contributed by atoms with Crippen LogP contribution in [0.15, 0.2) is 0 Å². The Labute approximate surface area is 47.4 Å². The van der Waals surface area contributed by atoms with Crippen molar-refractivity contribution in [1.29, 1.82) is 0 Å². The highest BCUT2D eigenvalue weighted by Crippen LogP contribution is 2.60. The SMILES string of the molecule is O=S1(=O)C(F)(F)C1(F)F. The molecule has 1 heterocycles. The van der Waals surface area contributed by atoms with E-state index in [2.05, 4.69) is 0 Å². The minimum absolute atomic E-state index is 4.82. The zero-order valence-electron chi connectivity index (χ0n) is 3.74. The van der Waals surface area contributed by atoms with Crippen LogP contribution in [0.1, 0.15) is 0 Å². The molecule has 1 aliphatic heterocycles. The van der Waals surface area contributed by atoms with Gasteiger partial charge in [-0.2, -0.15) is 17.6 Å². The predicted molar refractivity (Wildman–Crippen MR) is 18.8 cm³/mol. The van der Waals surface area contributed by atoms with Crippen LogP contribution in [0, 0.1) is 0 Å². The normalized spacial score (nSPS) is 33.8. The first-order valence-corrected chi connectivity index (χ1v) is 3.23. The van der Waals surface area contributed by atoms with Crippen molar-refractivity contribution in [2.75, 3.05) is 0 Å². The molecule has 1 fully saturated rings. The summed E-state index contributed by atoms with van der Waals surface area (Å²) in [5.41, 5.74) is 0. The molecule has 0 aromatic carbocycles. The number of hydrogen-bond donors (Lipinski definition) is 0. The van der Waals surface area contributed by atoms with E-state index >= 15 is 0 Å². The van der Waals surface area contributed by atoms with Crippen LogP contribution in [0.3, 0.4) is 0 Å². The standard InChI is InChI=1S/C2F4O2S/c3-1(4)2(5,6)9(1,7)8. The summed E-state index contributed by atoms with van der Waals surface area (Å²) >= 11 is 0. The van der Waals surface area contributed by atoms with Crippen molar-refractivity contribution in [2.45, 2.75) is 10.5 Å². The maximum atomic E-state index is 11.3. The van der Waals surface area contributed by atoms with Gasteiger partial charge in [0.25, 0.3) is 9.84 Å². The molecule has 0 aromatic heterocycles. The topological polar surface area (TPSA) is 34.1 Å². The van der Waals surface area contributed by atoms with Crippen molar-refractivity contribution in [3.8, 4) is 0 Å². The second kappa shape index (κ2) is 1.09. The smallest absolute Gasteiger partial charge is 0.216 e. The molecule has 1 rings (SSSR count). The van der Waals surface area contributed by atoms with Crippen molar-refractivity contribution in [1.82, 2.24) is 0 Å². The van der Waals surface area contributed by atoms with E-state index in [1.807, 2.05) is 0 Å². The molecule has 2 nitrogen and oxygen atoms in total. The van der Waals surface area contributed by atoms with Gasteiger partial charge in [-0.25, -0.2) is 8.42 Å². The van der Waals surface area contributed by atoms with E-state index in [0.29, 0.717) is 0 Å². The van der Waals surface area contributed by atoms with Crippen LogP contribution >= 0.6 is 0 Å². The number of hydrogen-bond acceptors (Lipinski definition) is 2. The number of sulfone groups is 1. The van der Waals surface area contributed by atoms with Gasteiger partial charge < -0.3 is 0 Å². The lowest BCUT2D eigenvalue weighted by Crippen LogP contribution is -2.02. The Morgan fingerprint density at radius 1 is 0.889 bits per heavy atom. The van der Waals surface area contributed by atoms with Gasteiger partial charge in [-0.3, -0.25) is 0 Å². The second-order valence-electron chi connectivity index (χ2n) is 1.54. The van der Waals surface area contributed by atoms with Crippen molar-refractivity contribution in [3.05, 3.63) is 0 Å². The molecule has 0 bridgehead atoms. The highest BCUT2D eigenvalue weighted by atomic mass is 32.2. The van der Waals surface area contributed by atoms with Gasteiger partial charge in [0.15, 0.2) is 0 Å². The average molecular weight is 164 g/mol. The van der Waals surface area contributed by atoms with Crippen molar-refractivity contribution < 1.29 is 26.0 Å². The highest BCUT2D eigenvalue weighted by Gasteiger charge is 2.94. The van der Waals surface area contributed by atoms with E-state index in [4.69, 9.17) is 0 Å². The summed E-state index contributed by atoms with van der Waals surface area (Å²) < 4.78 is 64.5. The van der Waals surface area contributed by atoms with Crippen molar-refractivity contribution >= 4 is 9.84 Å². The molecular weight excluding hydrogens is 164 g/mol. The quantitative estimate of drug-likeness (QED) is 0.388. The fraction of sp³-hybridized carbons (Fsp3) is 1.00.